The largest absolute Gasteiger partial charge is 0.302 e. The molecular weight excluding hydrogens is 252 g/mol. The van der Waals surface area contributed by atoms with E-state index in [1.165, 1.54) is 11.1 Å². The molecule has 0 aliphatic carbocycles. The van der Waals surface area contributed by atoms with E-state index >= 15 is 0 Å². The highest BCUT2D eigenvalue weighted by Gasteiger charge is 2.05. The maximum Gasteiger partial charge on any atom is 0.113 e. The molecule has 6 heteroatoms. The van der Waals surface area contributed by atoms with Crippen LogP contribution in [0.25, 0.3) is 11.0 Å². The molecule has 2 aromatic heterocycles. The molecule has 3 aromatic rings. The molecule has 0 spiro atoms. The number of likely N-dealkylation sites (N-methyl/N-ethyl adjacent to an activating group) is 1. The van der Waals surface area contributed by atoms with Gasteiger partial charge in [-0.1, -0.05) is 11.3 Å². The topological polar surface area (TPSA) is 62.6 Å². The summed E-state index contributed by atoms with van der Waals surface area (Å²) in [4.78, 5) is 2.30. The van der Waals surface area contributed by atoms with Crippen molar-refractivity contribution in [1.29, 1.82) is 0 Å². The van der Waals surface area contributed by atoms with Gasteiger partial charge in [0.1, 0.15) is 5.52 Å². The Hall–Kier alpha value is -2.21. The zero-order chi connectivity index (χ0) is 13.9. The first kappa shape index (κ1) is 12.8. The maximum atomic E-state index is 4.15. The average molecular weight is 270 g/mol. The van der Waals surface area contributed by atoms with Crippen molar-refractivity contribution in [1.82, 2.24) is 30.1 Å². The monoisotopic (exact) mass is 270 g/mol. The molecule has 0 bridgehead atoms. The van der Waals surface area contributed by atoms with Gasteiger partial charge in [-0.2, -0.15) is 5.10 Å². The highest BCUT2D eigenvalue weighted by Crippen LogP contribution is 2.13. The lowest BCUT2D eigenvalue weighted by Gasteiger charge is -2.16. The van der Waals surface area contributed by atoms with Gasteiger partial charge in [-0.05, 0) is 36.7 Å². The summed E-state index contributed by atoms with van der Waals surface area (Å²) in [5.41, 5.74) is 4.51. The Balaban J connectivity index is 1.63. The third-order valence-corrected chi connectivity index (χ3v) is 3.46. The molecule has 1 aromatic carbocycles. The van der Waals surface area contributed by atoms with Crippen LogP contribution in [0.1, 0.15) is 11.1 Å². The van der Waals surface area contributed by atoms with E-state index in [4.69, 9.17) is 0 Å². The smallest absolute Gasteiger partial charge is 0.113 e. The van der Waals surface area contributed by atoms with E-state index in [1.54, 1.807) is 4.68 Å². The van der Waals surface area contributed by atoms with Crippen molar-refractivity contribution in [3.63, 3.8) is 0 Å². The van der Waals surface area contributed by atoms with E-state index in [-0.39, 0.29) is 0 Å². The lowest BCUT2D eigenvalue weighted by atomic mass is 10.2. The number of fused-ring (bicyclic) bond motifs is 1. The van der Waals surface area contributed by atoms with Gasteiger partial charge in [0.15, 0.2) is 0 Å². The van der Waals surface area contributed by atoms with E-state index in [9.17, 15) is 0 Å². The van der Waals surface area contributed by atoms with Crippen LogP contribution in [0.15, 0.2) is 30.6 Å². The Kier molecular flexibility index (Phi) is 3.47. The van der Waals surface area contributed by atoms with Crippen LogP contribution in [0.2, 0.25) is 0 Å². The van der Waals surface area contributed by atoms with Crippen LogP contribution in [0, 0.1) is 0 Å². The first-order valence-corrected chi connectivity index (χ1v) is 6.67. The minimum absolute atomic E-state index is 0.907. The van der Waals surface area contributed by atoms with Gasteiger partial charge in [0.25, 0.3) is 0 Å². The summed E-state index contributed by atoms with van der Waals surface area (Å²) in [6.07, 6.45) is 4.82. The second kappa shape index (κ2) is 5.42. The zero-order valence-corrected chi connectivity index (χ0v) is 11.7. The van der Waals surface area contributed by atoms with Crippen LogP contribution < -0.4 is 0 Å². The zero-order valence-electron chi connectivity index (χ0n) is 11.7. The van der Waals surface area contributed by atoms with Gasteiger partial charge in [-0.15, -0.1) is 5.10 Å². The van der Waals surface area contributed by atoms with Crippen LogP contribution in [0.5, 0.6) is 0 Å². The normalized spacial score (nSPS) is 11.6. The third kappa shape index (κ3) is 2.70. The second-order valence-corrected chi connectivity index (χ2v) is 5.13. The Morgan fingerprint density at radius 1 is 1.30 bits per heavy atom. The fourth-order valence-corrected chi connectivity index (χ4v) is 2.31. The number of aryl methyl sites for hydroxylation is 1. The van der Waals surface area contributed by atoms with Gasteiger partial charge >= 0.3 is 0 Å². The average Bonchev–Trinajstić information content (AvgIpc) is 3.07. The van der Waals surface area contributed by atoms with Gasteiger partial charge in [0.2, 0.25) is 0 Å². The number of nitrogens with zero attached hydrogens (tertiary/aromatic N) is 5. The molecule has 0 unspecified atom stereocenters. The van der Waals surface area contributed by atoms with Gasteiger partial charge in [0, 0.05) is 26.3 Å². The Labute approximate surface area is 117 Å². The molecule has 0 atom stereocenters. The summed E-state index contributed by atoms with van der Waals surface area (Å²) in [6.45, 7) is 1.91. The van der Waals surface area contributed by atoms with Crippen LogP contribution in [0.3, 0.4) is 0 Å². The number of aromatic nitrogens is 5. The van der Waals surface area contributed by atoms with Gasteiger partial charge in [0.05, 0.1) is 11.7 Å². The molecule has 0 saturated carbocycles. The fourth-order valence-electron chi connectivity index (χ4n) is 2.31. The molecule has 0 aliphatic heterocycles. The standard InChI is InChI=1S/C14H18N6/c1-19(6-5-12-8-15-16-9-12)10-11-3-4-14-13(7-11)17-18-20(14)2/h3-4,7-9H,5-6,10H2,1-2H3,(H,15,16). The first-order valence-electron chi connectivity index (χ1n) is 6.67. The van der Waals surface area contributed by atoms with Crippen molar-refractivity contribution in [2.75, 3.05) is 13.6 Å². The number of H-pyrrole nitrogens is 1. The minimum Gasteiger partial charge on any atom is -0.302 e. The predicted octanol–water partition coefficient (Wildman–Crippen LogP) is 1.37. The molecule has 6 nitrogen and oxygen atoms in total. The van der Waals surface area contributed by atoms with E-state index in [0.29, 0.717) is 0 Å². The number of rotatable bonds is 5. The quantitative estimate of drug-likeness (QED) is 0.760. The van der Waals surface area contributed by atoms with Crippen molar-refractivity contribution in [3.8, 4) is 0 Å². The molecular formula is C14H18N6. The number of nitrogens with one attached hydrogen (secondary N) is 1. The van der Waals surface area contributed by atoms with Crippen LogP contribution in [0.4, 0.5) is 0 Å². The number of hydrogen-bond donors (Lipinski definition) is 1. The molecule has 0 saturated heterocycles. The number of benzene rings is 1. The number of aromatic amines is 1. The fraction of sp³-hybridized carbons (Fsp3) is 0.357. The maximum absolute atomic E-state index is 4.15. The summed E-state index contributed by atoms with van der Waals surface area (Å²) in [7, 11) is 4.03. The van der Waals surface area contributed by atoms with E-state index in [0.717, 1.165) is 30.5 Å². The molecule has 0 aliphatic rings. The number of hydrogen-bond acceptors (Lipinski definition) is 4. The SMILES string of the molecule is CN(CCc1cn[nH]c1)Cc1ccc2c(c1)nnn2C. The molecule has 1 N–H and O–H groups in total. The van der Waals surface area contributed by atoms with Crippen molar-refractivity contribution in [2.24, 2.45) is 7.05 Å². The highest BCUT2D eigenvalue weighted by atomic mass is 15.4. The predicted molar refractivity (Wildman–Crippen MR) is 77.1 cm³/mol. The van der Waals surface area contributed by atoms with E-state index in [2.05, 4.69) is 50.7 Å². The molecule has 2 heterocycles. The van der Waals surface area contributed by atoms with Crippen LogP contribution >= 0.6 is 0 Å². The van der Waals surface area contributed by atoms with Gasteiger partial charge < -0.3 is 4.90 Å². The Morgan fingerprint density at radius 3 is 3.00 bits per heavy atom. The molecule has 0 amide bonds. The van der Waals surface area contributed by atoms with Crippen LogP contribution in [-0.4, -0.2) is 43.7 Å². The molecule has 3 rings (SSSR count). The third-order valence-electron chi connectivity index (χ3n) is 3.46. The molecule has 104 valence electrons. The van der Waals surface area contributed by atoms with Gasteiger partial charge in [-0.3, -0.25) is 5.10 Å². The Morgan fingerprint density at radius 2 is 2.20 bits per heavy atom. The lowest BCUT2D eigenvalue weighted by Crippen LogP contribution is -2.20. The summed E-state index contributed by atoms with van der Waals surface area (Å²) >= 11 is 0. The van der Waals surface area contributed by atoms with Crippen LogP contribution in [-0.2, 0) is 20.0 Å². The van der Waals surface area contributed by atoms with Crippen molar-refractivity contribution < 1.29 is 0 Å². The summed E-state index contributed by atoms with van der Waals surface area (Å²) < 4.78 is 1.79. The summed E-state index contributed by atoms with van der Waals surface area (Å²) in [6, 6.07) is 6.32. The molecule has 20 heavy (non-hydrogen) atoms. The van der Waals surface area contributed by atoms with E-state index < -0.39 is 0 Å². The van der Waals surface area contributed by atoms with E-state index in [1.807, 2.05) is 19.4 Å². The van der Waals surface area contributed by atoms with Gasteiger partial charge in [-0.25, -0.2) is 4.68 Å². The minimum atomic E-state index is 0.907. The second-order valence-electron chi connectivity index (χ2n) is 5.13. The molecule has 0 fully saturated rings. The van der Waals surface area contributed by atoms with Crippen molar-refractivity contribution in [2.45, 2.75) is 13.0 Å². The molecule has 0 radical (unpaired) electrons. The Bertz CT molecular complexity index is 685. The summed E-state index contributed by atoms with van der Waals surface area (Å²) in [5.74, 6) is 0. The van der Waals surface area contributed by atoms with Crippen molar-refractivity contribution in [3.05, 3.63) is 41.7 Å². The highest BCUT2D eigenvalue weighted by molar-refractivity contribution is 5.74. The summed E-state index contributed by atoms with van der Waals surface area (Å²) in [5, 5.41) is 15.0. The first-order chi connectivity index (χ1) is 9.72. The van der Waals surface area contributed by atoms with Crippen molar-refractivity contribution >= 4 is 11.0 Å². The lowest BCUT2D eigenvalue weighted by molar-refractivity contribution is 0.331.